The number of hydrogen-bond acceptors (Lipinski definition) is 1. The summed E-state index contributed by atoms with van der Waals surface area (Å²) in [5.74, 6) is 0.668. The number of hydrogen-bond donors (Lipinski definition) is 1. The van der Waals surface area contributed by atoms with E-state index in [0.717, 1.165) is 0 Å². The fraction of sp³-hybridized carbons (Fsp3) is 0.733. The molecule has 1 N–H and O–H groups in total. The number of allylic oxidation sites excluding steroid dienone is 4. The van der Waals surface area contributed by atoms with Crippen LogP contribution in [0.4, 0.5) is 0 Å². The summed E-state index contributed by atoms with van der Waals surface area (Å²) in [5, 5.41) is 0. The molecule has 18 heavy (non-hydrogen) atoms. The third kappa shape index (κ3) is 3.77. The van der Waals surface area contributed by atoms with Crippen LogP contribution in [0.25, 0.3) is 0 Å². The predicted molar refractivity (Wildman–Crippen MR) is 86.2 cm³/mol. The van der Waals surface area contributed by atoms with Crippen molar-refractivity contribution in [3.8, 4) is 0 Å². The van der Waals surface area contributed by atoms with E-state index in [1.807, 2.05) is 0 Å². The van der Waals surface area contributed by atoms with Gasteiger partial charge in [-0.15, -0.1) is 0 Å². The Hall–Kier alpha value is 0.527. The molecule has 1 aliphatic rings. The zero-order valence-electron chi connectivity index (χ0n) is 13.1. The molecule has 0 heterocycles. The van der Waals surface area contributed by atoms with Gasteiger partial charge >= 0.3 is 113 Å². The van der Waals surface area contributed by atoms with Crippen LogP contribution < -0.4 is 3.30 Å². The fourth-order valence-corrected chi connectivity index (χ4v) is 19.3. The first-order valence-corrected chi connectivity index (χ1v) is 17.4. The van der Waals surface area contributed by atoms with Crippen molar-refractivity contribution in [1.29, 1.82) is 0 Å². The molecule has 1 nitrogen and oxygen atoms in total. The molecule has 106 valence electrons. The molecule has 1 atom stereocenters. The van der Waals surface area contributed by atoms with E-state index in [9.17, 15) is 0 Å². The molecule has 0 aromatic heterocycles. The molecule has 0 radical (unpaired) electrons. The zero-order chi connectivity index (χ0) is 13.6. The van der Waals surface area contributed by atoms with Crippen molar-refractivity contribution in [2.24, 2.45) is 5.92 Å². The molecular weight excluding hydrogens is 401 g/mol. The quantitative estimate of drug-likeness (QED) is 0.658. The van der Waals surface area contributed by atoms with Crippen LogP contribution in [0.1, 0.15) is 48.5 Å². The Balaban J connectivity index is 0.00000289. The van der Waals surface area contributed by atoms with Crippen molar-refractivity contribution >= 4 is 11.0 Å². The molecule has 1 aliphatic carbocycles. The smallest absolute Gasteiger partial charge is 0.0149 e. The molecule has 0 saturated heterocycles. The van der Waals surface area contributed by atoms with Gasteiger partial charge in [-0.3, -0.25) is 0 Å². The van der Waals surface area contributed by atoms with Crippen molar-refractivity contribution in [1.82, 2.24) is 3.30 Å². The Morgan fingerprint density at radius 2 is 1.44 bits per heavy atom. The zero-order valence-corrected chi connectivity index (χ0v) is 16.7. The molecule has 0 saturated carbocycles. The summed E-state index contributed by atoms with van der Waals surface area (Å²) in [4.78, 5) is 0. The van der Waals surface area contributed by atoms with E-state index >= 15 is 0 Å². The van der Waals surface area contributed by atoms with Crippen LogP contribution in [0.5, 0.6) is 0 Å². The average molecular weight is 434 g/mol. The summed E-state index contributed by atoms with van der Waals surface area (Å²) in [6.07, 6.45) is 0. The van der Waals surface area contributed by atoms with Gasteiger partial charge in [0.05, 0.1) is 0 Å². The molecule has 0 aromatic rings. The van der Waals surface area contributed by atoms with Crippen molar-refractivity contribution in [3.05, 3.63) is 20.0 Å². The molecule has 0 aromatic carbocycles. The second-order valence-corrected chi connectivity index (χ2v) is 21.6. The molecule has 0 amide bonds. The third-order valence-electron chi connectivity index (χ3n) is 4.00. The van der Waals surface area contributed by atoms with Crippen LogP contribution >= 0.6 is 0 Å². The third-order valence-corrected chi connectivity index (χ3v) is 16.7. The molecule has 0 aliphatic heterocycles. The maximum absolute atomic E-state index is 3.98. The monoisotopic (exact) mass is 435 g/mol. The fourth-order valence-electron chi connectivity index (χ4n) is 3.38. The van der Waals surface area contributed by atoms with E-state index in [-0.39, 0.29) is 16.5 Å². The summed E-state index contributed by atoms with van der Waals surface area (Å²) in [6.45, 7) is 16.2. The minimum Gasteiger partial charge on any atom is -0.0149 e. The van der Waals surface area contributed by atoms with Crippen LogP contribution in [0.2, 0.25) is 9.36 Å². The van der Waals surface area contributed by atoms with Crippen molar-refractivity contribution < 1.29 is 20.3 Å². The Morgan fingerprint density at radius 1 is 1.00 bits per heavy atom. The summed E-state index contributed by atoms with van der Waals surface area (Å²) in [6, 6.07) is 0. The van der Waals surface area contributed by atoms with Gasteiger partial charge in [0.2, 0.25) is 0 Å². The van der Waals surface area contributed by atoms with Crippen molar-refractivity contribution in [3.63, 3.8) is 0 Å². The predicted octanol–water partition coefficient (Wildman–Crippen LogP) is 3.35. The van der Waals surface area contributed by atoms with Gasteiger partial charge in [0, 0.05) is 0 Å². The Bertz CT molecular complexity index is 386. The summed E-state index contributed by atoms with van der Waals surface area (Å²) in [7, 11) is 0. The SMILES string of the molecule is CC1=C(C)C(C)[C]([Hf]([CH3])([CH3])[NH]C(C)(C)C)=C1C.[SiH4]. The average Bonchev–Trinajstić information content (AvgIpc) is 2.27. The maximum Gasteiger partial charge on any atom is -0.0149 e. The second kappa shape index (κ2) is 5.88. The van der Waals surface area contributed by atoms with E-state index in [0.29, 0.717) is 5.92 Å². The van der Waals surface area contributed by atoms with Crippen LogP contribution in [0.15, 0.2) is 20.0 Å². The molecular formula is C15H33HfNSi. The minimum atomic E-state index is -2.48. The maximum atomic E-state index is 3.98. The van der Waals surface area contributed by atoms with Gasteiger partial charge in [-0.1, -0.05) is 0 Å². The van der Waals surface area contributed by atoms with E-state index < -0.39 is 20.3 Å². The van der Waals surface area contributed by atoms with E-state index in [2.05, 4.69) is 61.1 Å². The van der Waals surface area contributed by atoms with E-state index in [4.69, 9.17) is 0 Å². The largest absolute Gasteiger partial charge is 0.0149 e. The van der Waals surface area contributed by atoms with Gasteiger partial charge in [0.25, 0.3) is 0 Å². The van der Waals surface area contributed by atoms with Gasteiger partial charge in [0.15, 0.2) is 0 Å². The van der Waals surface area contributed by atoms with E-state index in [1.54, 1.807) is 14.5 Å². The minimum absolute atomic E-state index is 0. The van der Waals surface area contributed by atoms with Crippen LogP contribution in [0, 0.1) is 5.92 Å². The first-order chi connectivity index (χ1) is 7.47. The molecule has 1 unspecified atom stereocenters. The summed E-state index contributed by atoms with van der Waals surface area (Å²) < 4.78 is 10.8. The van der Waals surface area contributed by atoms with Gasteiger partial charge in [-0.25, -0.2) is 0 Å². The second-order valence-electron chi connectivity index (χ2n) is 7.07. The summed E-state index contributed by atoms with van der Waals surface area (Å²) >= 11 is -2.48. The topological polar surface area (TPSA) is 12.0 Å². The summed E-state index contributed by atoms with van der Waals surface area (Å²) in [5.41, 5.74) is 4.94. The van der Waals surface area contributed by atoms with Gasteiger partial charge < -0.3 is 0 Å². The first-order valence-electron chi connectivity index (χ1n) is 6.65. The molecule has 0 fully saturated rings. The number of rotatable bonds is 2. The van der Waals surface area contributed by atoms with Crippen LogP contribution in [-0.4, -0.2) is 16.5 Å². The Kier molecular flexibility index (Phi) is 6.06. The Labute approximate surface area is 123 Å². The number of nitrogens with one attached hydrogen (secondary N) is 1. The molecule has 1 rings (SSSR count). The Morgan fingerprint density at radius 3 is 1.72 bits per heavy atom. The van der Waals surface area contributed by atoms with Gasteiger partial charge in [-0.05, 0) is 11.0 Å². The molecule has 0 bridgehead atoms. The molecule has 3 heteroatoms. The molecule has 0 spiro atoms. The first kappa shape index (κ1) is 18.5. The van der Waals surface area contributed by atoms with Gasteiger partial charge in [0.1, 0.15) is 0 Å². The van der Waals surface area contributed by atoms with E-state index in [1.165, 1.54) is 5.57 Å². The van der Waals surface area contributed by atoms with Crippen LogP contribution in [0.3, 0.4) is 0 Å². The van der Waals surface area contributed by atoms with Crippen molar-refractivity contribution in [2.45, 2.75) is 63.4 Å². The van der Waals surface area contributed by atoms with Crippen LogP contribution in [-0.2, 0) is 20.3 Å². The normalized spacial score (nSPS) is 21.5. The van der Waals surface area contributed by atoms with Crippen molar-refractivity contribution in [2.75, 3.05) is 0 Å². The standard InChI is InChI=1S/C9H13.C4H10N.2CH3.Hf.H4Si/c1-6-5-7(2)9(4)8(6)3;1-4(2,3)5;;;;/h6H,1-4H3;5H,1-3H3;2*1H3;;1H4/q;-1;;;+1;. The van der Waals surface area contributed by atoms with Gasteiger partial charge in [-0.2, -0.15) is 0 Å².